The number of benzene rings is 1. The minimum absolute atomic E-state index is 0.126. The number of rotatable bonds is 2. The van der Waals surface area contributed by atoms with Gasteiger partial charge in [0.15, 0.2) is 9.84 Å². The second-order valence-electron chi connectivity index (χ2n) is 3.36. The largest absolute Gasteiger partial charge is 0.229 e. The Kier molecular flexibility index (Phi) is 2.33. The van der Waals surface area contributed by atoms with Crippen molar-refractivity contribution in [1.29, 1.82) is 0 Å². The fourth-order valence-corrected chi connectivity index (χ4v) is 3.03. The molecule has 2 rings (SSSR count). The summed E-state index contributed by atoms with van der Waals surface area (Å²) in [6, 6.07) is 7.81. The van der Waals surface area contributed by atoms with Crippen LogP contribution in [0.25, 0.3) is 10.1 Å². The summed E-state index contributed by atoms with van der Waals surface area (Å²) in [5.41, 5.74) is 0.863. The van der Waals surface area contributed by atoms with Crippen LogP contribution in [0.5, 0.6) is 0 Å². The SMILES string of the molecule is CS(=O)(=O)Cc1ccc2ccsc2c1. The zero-order chi connectivity index (χ0) is 10.2. The average molecular weight is 226 g/mol. The van der Waals surface area contributed by atoms with Crippen LogP contribution in [0.4, 0.5) is 0 Å². The molecule has 0 aliphatic heterocycles. The third-order valence-electron chi connectivity index (χ3n) is 1.95. The molecule has 0 bridgehead atoms. The Morgan fingerprint density at radius 2 is 2.07 bits per heavy atom. The Morgan fingerprint density at radius 3 is 2.79 bits per heavy atom. The van der Waals surface area contributed by atoms with E-state index in [-0.39, 0.29) is 5.75 Å². The van der Waals surface area contributed by atoms with Crippen molar-refractivity contribution in [3.63, 3.8) is 0 Å². The highest BCUT2D eigenvalue weighted by atomic mass is 32.2. The maximum atomic E-state index is 11.1. The summed E-state index contributed by atoms with van der Waals surface area (Å²) < 4.78 is 23.3. The topological polar surface area (TPSA) is 34.1 Å². The number of thiophene rings is 1. The van der Waals surface area contributed by atoms with Gasteiger partial charge in [-0.25, -0.2) is 8.42 Å². The molecule has 2 nitrogen and oxygen atoms in total. The Labute approximate surface area is 87.1 Å². The van der Waals surface area contributed by atoms with E-state index in [4.69, 9.17) is 0 Å². The van der Waals surface area contributed by atoms with Gasteiger partial charge in [0.2, 0.25) is 0 Å². The van der Waals surface area contributed by atoms with E-state index in [9.17, 15) is 8.42 Å². The van der Waals surface area contributed by atoms with Gasteiger partial charge in [0.05, 0.1) is 5.75 Å². The molecular formula is C10H10O2S2. The molecule has 0 aliphatic carbocycles. The lowest BCUT2D eigenvalue weighted by Crippen LogP contribution is -1.99. The molecule has 0 saturated heterocycles. The van der Waals surface area contributed by atoms with Gasteiger partial charge >= 0.3 is 0 Å². The highest BCUT2D eigenvalue weighted by Gasteiger charge is 2.05. The predicted molar refractivity (Wildman–Crippen MR) is 60.4 cm³/mol. The van der Waals surface area contributed by atoms with E-state index in [0.717, 1.165) is 10.3 Å². The zero-order valence-corrected chi connectivity index (χ0v) is 9.36. The predicted octanol–water partition coefficient (Wildman–Crippen LogP) is 2.45. The molecular weight excluding hydrogens is 216 g/mol. The van der Waals surface area contributed by atoms with Gasteiger partial charge in [-0.15, -0.1) is 11.3 Å². The molecule has 14 heavy (non-hydrogen) atoms. The smallest absolute Gasteiger partial charge is 0.151 e. The second-order valence-corrected chi connectivity index (χ2v) is 6.45. The van der Waals surface area contributed by atoms with Crippen LogP contribution in [-0.4, -0.2) is 14.7 Å². The Bertz CT molecular complexity index is 552. The highest BCUT2D eigenvalue weighted by molar-refractivity contribution is 7.89. The van der Waals surface area contributed by atoms with Gasteiger partial charge in [-0.1, -0.05) is 12.1 Å². The molecule has 0 spiro atoms. The van der Waals surface area contributed by atoms with Crippen molar-refractivity contribution in [2.24, 2.45) is 0 Å². The molecule has 74 valence electrons. The summed E-state index contributed by atoms with van der Waals surface area (Å²) in [6.07, 6.45) is 1.26. The van der Waals surface area contributed by atoms with Gasteiger partial charge in [0, 0.05) is 11.0 Å². The molecule has 1 aromatic heterocycles. The van der Waals surface area contributed by atoms with E-state index in [0.29, 0.717) is 0 Å². The van der Waals surface area contributed by atoms with Crippen LogP contribution in [0, 0.1) is 0 Å². The summed E-state index contributed by atoms with van der Waals surface area (Å²) in [6.45, 7) is 0. The van der Waals surface area contributed by atoms with Crippen molar-refractivity contribution >= 4 is 31.3 Å². The molecule has 0 radical (unpaired) electrons. The summed E-state index contributed by atoms with van der Waals surface area (Å²) >= 11 is 1.63. The molecule has 0 aliphatic rings. The summed E-state index contributed by atoms with van der Waals surface area (Å²) in [7, 11) is -2.92. The second kappa shape index (κ2) is 3.37. The average Bonchev–Trinajstić information content (AvgIpc) is 2.47. The molecule has 0 atom stereocenters. The van der Waals surface area contributed by atoms with Crippen molar-refractivity contribution in [2.75, 3.05) is 6.26 Å². The third kappa shape index (κ3) is 2.13. The standard InChI is InChI=1S/C10H10O2S2/c1-14(11,12)7-8-2-3-9-4-5-13-10(9)6-8/h2-6H,7H2,1H3. The third-order valence-corrected chi connectivity index (χ3v) is 3.69. The molecule has 0 amide bonds. The van der Waals surface area contributed by atoms with E-state index in [1.165, 1.54) is 11.6 Å². The lowest BCUT2D eigenvalue weighted by molar-refractivity contribution is 0.601. The van der Waals surface area contributed by atoms with Gasteiger partial charge in [-0.3, -0.25) is 0 Å². The first-order chi connectivity index (χ1) is 6.54. The van der Waals surface area contributed by atoms with E-state index in [1.807, 2.05) is 29.6 Å². The van der Waals surface area contributed by atoms with Crippen LogP contribution in [0.15, 0.2) is 29.6 Å². The quantitative estimate of drug-likeness (QED) is 0.788. The fraction of sp³-hybridized carbons (Fsp3) is 0.200. The monoisotopic (exact) mass is 226 g/mol. The van der Waals surface area contributed by atoms with Gasteiger partial charge in [-0.05, 0) is 28.5 Å². The summed E-state index contributed by atoms with van der Waals surface area (Å²) in [5.74, 6) is 0.126. The van der Waals surface area contributed by atoms with Crippen LogP contribution < -0.4 is 0 Å². The molecule has 1 heterocycles. The minimum Gasteiger partial charge on any atom is -0.229 e. The molecule has 2 aromatic rings. The van der Waals surface area contributed by atoms with E-state index >= 15 is 0 Å². The fourth-order valence-electron chi connectivity index (χ4n) is 1.39. The van der Waals surface area contributed by atoms with Crippen LogP contribution >= 0.6 is 11.3 Å². The van der Waals surface area contributed by atoms with E-state index in [2.05, 4.69) is 0 Å². The van der Waals surface area contributed by atoms with Crippen LogP contribution in [0.3, 0.4) is 0 Å². The minimum atomic E-state index is -2.92. The molecule has 1 aromatic carbocycles. The van der Waals surface area contributed by atoms with Crippen LogP contribution in [0.1, 0.15) is 5.56 Å². The Hall–Kier alpha value is -0.870. The van der Waals surface area contributed by atoms with Gasteiger partial charge in [0.1, 0.15) is 0 Å². The maximum absolute atomic E-state index is 11.1. The number of sulfone groups is 1. The normalized spacial score (nSPS) is 12.1. The van der Waals surface area contributed by atoms with E-state index < -0.39 is 9.84 Å². The first-order valence-electron chi connectivity index (χ1n) is 4.18. The number of fused-ring (bicyclic) bond motifs is 1. The number of hydrogen-bond donors (Lipinski definition) is 0. The van der Waals surface area contributed by atoms with E-state index in [1.54, 1.807) is 11.3 Å². The lowest BCUT2D eigenvalue weighted by atomic mass is 10.2. The lowest BCUT2D eigenvalue weighted by Gasteiger charge is -1.98. The van der Waals surface area contributed by atoms with Crippen molar-refractivity contribution in [3.05, 3.63) is 35.2 Å². The van der Waals surface area contributed by atoms with Gasteiger partial charge < -0.3 is 0 Å². The van der Waals surface area contributed by atoms with Gasteiger partial charge in [0.25, 0.3) is 0 Å². The Balaban J connectivity index is 2.44. The van der Waals surface area contributed by atoms with Crippen molar-refractivity contribution in [3.8, 4) is 0 Å². The molecule has 4 heteroatoms. The number of hydrogen-bond acceptors (Lipinski definition) is 3. The van der Waals surface area contributed by atoms with Crippen molar-refractivity contribution in [1.82, 2.24) is 0 Å². The van der Waals surface area contributed by atoms with Crippen molar-refractivity contribution in [2.45, 2.75) is 5.75 Å². The molecule has 0 N–H and O–H groups in total. The van der Waals surface area contributed by atoms with Gasteiger partial charge in [-0.2, -0.15) is 0 Å². The molecule has 0 unspecified atom stereocenters. The highest BCUT2D eigenvalue weighted by Crippen LogP contribution is 2.22. The molecule has 0 fully saturated rings. The zero-order valence-electron chi connectivity index (χ0n) is 7.73. The first-order valence-corrected chi connectivity index (χ1v) is 7.12. The summed E-state index contributed by atoms with van der Waals surface area (Å²) in [5, 5.41) is 3.18. The Morgan fingerprint density at radius 1 is 1.29 bits per heavy atom. The first kappa shape index (κ1) is 9.68. The van der Waals surface area contributed by atoms with Crippen LogP contribution in [0.2, 0.25) is 0 Å². The summed E-state index contributed by atoms with van der Waals surface area (Å²) in [4.78, 5) is 0. The van der Waals surface area contributed by atoms with Crippen LogP contribution in [-0.2, 0) is 15.6 Å². The molecule has 0 saturated carbocycles. The maximum Gasteiger partial charge on any atom is 0.151 e. The van der Waals surface area contributed by atoms with Crippen molar-refractivity contribution < 1.29 is 8.42 Å².